The second-order valence-electron chi connectivity index (χ2n) is 4.39. The van der Waals surface area contributed by atoms with Crippen LogP contribution in [0.4, 0.5) is 0 Å². The Balaban J connectivity index is 2.02. The SMILES string of the molecule is Cc1ccc(C(=O)C2CCC(N)CC2)s1. The third kappa shape index (κ3) is 2.47. The fourth-order valence-electron chi connectivity index (χ4n) is 2.15. The Bertz CT molecular complexity index is 350. The van der Waals surface area contributed by atoms with E-state index in [4.69, 9.17) is 5.73 Å². The van der Waals surface area contributed by atoms with Gasteiger partial charge in [0.25, 0.3) is 0 Å². The molecular formula is C12H17NOS. The van der Waals surface area contributed by atoms with E-state index in [2.05, 4.69) is 0 Å². The summed E-state index contributed by atoms with van der Waals surface area (Å²) in [4.78, 5) is 14.2. The molecule has 1 aromatic heterocycles. The number of aryl methyl sites for hydroxylation is 1. The molecule has 3 heteroatoms. The van der Waals surface area contributed by atoms with E-state index in [1.807, 2.05) is 19.1 Å². The van der Waals surface area contributed by atoms with Crippen LogP contribution < -0.4 is 5.73 Å². The molecule has 2 N–H and O–H groups in total. The first-order chi connectivity index (χ1) is 7.16. The summed E-state index contributed by atoms with van der Waals surface area (Å²) in [5, 5.41) is 0. The van der Waals surface area contributed by atoms with Crippen LogP contribution >= 0.6 is 11.3 Å². The van der Waals surface area contributed by atoms with Crippen molar-refractivity contribution >= 4 is 17.1 Å². The molecule has 1 aromatic rings. The lowest BCUT2D eigenvalue weighted by Crippen LogP contribution is -2.29. The molecule has 2 rings (SSSR count). The molecule has 1 heterocycles. The van der Waals surface area contributed by atoms with Crippen molar-refractivity contribution in [2.75, 3.05) is 0 Å². The van der Waals surface area contributed by atoms with Crippen LogP contribution in [-0.2, 0) is 0 Å². The number of hydrogen-bond donors (Lipinski definition) is 1. The van der Waals surface area contributed by atoms with E-state index in [0.29, 0.717) is 11.8 Å². The van der Waals surface area contributed by atoms with Crippen LogP contribution in [0, 0.1) is 12.8 Å². The maximum Gasteiger partial charge on any atom is 0.175 e. The molecule has 0 bridgehead atoms. The monoisotopic (exact) mass is 223 g/mol. The van der Waals surface area contributed by atoms with Gasteiger partial charge in [-0.2, -0.15) is 0 Å². The van der Waals surface area contributed by atoms with Crippen LogP contribution in [0.5, 0.6) is 0 Å². The Morgan fingerprint density at radius 1 is 1.33 bits per heavy atom. The lowest BCUT2D eigenvalue weighted by atomic mass is 9.83. The number of ketones is 1. The molecule has 0 saturated heterocycles. The predicted octanol–water partition coefficient (Wildman–Crippen LogP) is 2.76. The quantitative estimate of drug-likeness (QED) is 0.783. The third-order valence-electron chi connectivity index (χ3n) is 3.13. The number of thiophene rings is 1. The van der Waals surface area contributed by atoms with Gasteiger partial charge in [0.2, 0.25) is 0 Å². The van der Waals surface area contributed by atoms with Crippen LogP contribution in [0.1, 0.15) is 40.2 Å². The minimum atomic E-state index is 0.225. The summed E-state index contributed by atoms with van der Waals surface area (Å²) in [6.07, 6.45) is 3.94. The molecule has 2 nitrogen and oxygen atoms in total. The number of hydrogen-bond acceptors (Lipinski definition) is 3. The zero-order valence-electron chi connectivity index (χ0n) is 9.03. The first-order valence-electron chi connectivity index (χ1n) is 5.53. The van der Waals surface area contributed by atoms with Gasteiger partial charge in [0.15, 0.2) is 5.78 Å². The summed E-state index contributed by atoms with van der Waals surface area (Å²) in [5.41, 5.74) is 5.83. The van der Waals surface area contributed by atoms with Gasteiger partial charge in [-0.1, -0.05) is 0 Å². The van der Waals surface area contributed by atoms with Crippen LogP contribution in [0.15, 0.2) is 12.1 Å². The lowest BCUT2D eigenvalue weighted by Gasteiger charge is -2.24. The van der Waals surface area contributed by atoms with E-state index in [1.165, 1.54) is 4.88 Å². The molecule has 0 unspecified atom stereocenters. The predicted molar refractivity (Wildman–Crippen MR) is 63.3 cm³/mol. The molecule has 1 aliphatic rings. The number of rotatable bonds is 2. The van der Waals surface area contributed by atoms with Gasteiger partial charge in [0.05, 0.1) is 4.88 Å². The van der Waals surface area contributed by atoms with Crippen LogP contribution in [0.25, 0.3) is 0 Å². The Hall–Kier alpha value is -0.670. The van der Waals surface area contributed by atoms with Gasteiger partial charge >= 0.3 is 0 Å². The van der Waals surface area contributed by atoms with E-state index in [-0.39, 0.29) is 5.92 Å². The highest BCUT2D eigenvalue weighted by Crippen LogP contribution is 2.28. The Morgan fingerprint density at radius 2 is 2.00 bits per heavy atom. The number of nitrogens with two attached hydrogens (primary N) is 1. The summed E-state index contributed by atoms with van der Waals surface area (Å²) in [6.45, 7) is 2.04. The van der Waals surface area contributed by atoms with E-state index in [0.717, 1.165) is 30.6 Å². The Morgan fingerprint density at radius 3 is 2.53 bits per heavy atom. The number of carbonyl (C=O) groups excluding carboxylic acids is 1. The first kappa shape index (κ1) is 10.8. The molecule has 82 valence electrons. The van der Waals surface area contributed by atoms with Gasteiger partial charge in [-0.3, -0.25) is 4.79 Å². The van der Waals surface area contributed by atoms with Crippen LogP contribution in [0.3, 0.4) is 0 Å². The van der Waals surface area contributed by atoms with Gasteiger partial charge in [0.1, 0.15) is 0 Å². The molecule has 1 saturated carbocycles. The van der Waals surface area contributed by atoms with Crippen molar-refractivity contribution in [1.29, 1.82) is 0 Å². The topological polar surface area (TPSA) is 43.1 Å². The summed E-state index contributed by atoms with van der Waals surface area (Å²) in [7, 11) is 0. The molecule has 0 aliphatic heterocycles. The standard InChI is InChI=1S/C12H17NOS/c1-8-2-7-11(15-8)12(14)9-3-5-10(13)6-4-9/h2,7,9-10H,3-6,13H2,1H3. The maximum absolute atomic E-state index is 12.1. The average molecular weight is 223 g/mol. The average Bonchev–Trinajstić information content (AvgIpc) is 2.65. The van der Waals surface area contributed by atoms with Crippen LogP contribution in [-0.4, -0.2) is 11.8 Å². The van der Waals surface area contributed by atoms with Crippen molar-refractivity contribution < 1.29 is 4.79 Å². The molecule has 0 aromatic carbocycles. The summed E-state index contributed by atoms with van der Waals surface area (Å²) in [6, 6.07) is 4.29. The van der Waals surface area contributed by atoms with Crippen molar-refractivity contribution in [3.05, 3.63) is 21.9 Å². The molecule has 0 amide bonds. The molecule has 1 aliphatic carbocycles. The van der Waals surface area contributed by atoms with Gasteiger partial charge in [-0.25, -0.2) is 0 Å². The van der Waals surface area contributed by atoms with Crippen LogP contribution in [0.2, 0.25) is 0 Å². The highest BCUT2D eigenvalue weighted by molar-refractivity contribution is 7.14. The molecule has 0 radical (unpaired) electrons. The number of Topliss-reactive ketones (excluding diaryl/α,β-unsaturated/α-hetero) is 1. The second kappa shape index (κ2) is 4.45. The minimum Gasteiger partial charge on any atom is -0.328 e. The highest BCUT2D eigenvalue weighted by Gasteiger charge is 2.25. The van der Waals surface area contributed by atoms with E-state index >= 15 is 0 Å². The molecule has 0 atom stereocenters. The molecule has 0 spiro atoms. The third-order valence-corrected chi connectivity index (χ3v) is 4.14. The van der Waals surface area contributed by atoms with E-state index in [9.17, 15) is 4.79 Å². The molecule has 1 fully saturated rings. The summed E-state index contributed by atoms with van der Waals surface area (Å²) in [5.74, 6) is 0.558. The van der Waals surface area contributed by atoms with E-state index in [1.54, 1.807) is 11.3 Å². The van der Waals surface area contributed by atoms with Gasteiger partial charge < -0.3 is 5.73 Å². The van der Waals surface area contributed by atoms with Gasteiger partial charge in [-0.05, 0) is 44.7 Å². The summed E-state index contributed by atoms with van der Waals surface area (Å²) < 4.78 is 0. The zero-order valence-corrected chi connectivity index (χ0v) is 9.85. The molecule has 15 heavy (non-hydrogen) atoms. The van der Waals surface area contributed by atoms with Gasteiger partial charge in [-0.15, -0.1) is 11.3 Å². The van der Waals surface area contributed by atoms with Crippen molar-refractivity contribution in [1.82, 2.24) is 0 Å². The number of carbonyl (C=O) groups is 1. The van der Waals surface area contributed by atoms with Crippen molar-refractivity contribution in [3.63, 3.8) is 0 Å². The van der Waals surface area contributed by atoms with Crippen molar-refractivity contribution in [3.8, 4) is 0 Å². The van der Waals surface area contributed by atoms with Gasteiger partial charge in [0, 0.05) is 16.8 Å². The van der Waals surface area contributed by atoms with Crippen molar-refractivity contribution in [2.24, 2.45) is 11.7 Å². The second-order valence-corrected chi connectivity index (χ2v) is 5.67. The summed E-state index contributed by atoms with van der Waals surface area (Å²) >= 11 is 1.61. The Kier molecular flexibility index (Phi) is 3.22. The minimum absolute atomic E-state index is 0.225. The maximum atomic E-state index is 12.1. The highest BCUT2D eigenvalue weighted by atomic mass is 32.1. The fourth-order valence-corrected chi connectivity index (χ4v) is 3.04. The first-order valence-corrected chi connectivity index (χ1v) is 6.34. The molecular weight excluding hydrogens is 206 g/mol. The Labute approximate surface area is 94.5 Å². The smallest absolute Gasteiger partial charge is 0.175 e. The normalized spacial score (nSPS) is 26.5. The largest absolute Gasteiger partial charge is 0.328 e. The van der Waals surface area contributed by atoms with Crippen molar-refractivity contribution in [2.45, 2.75) is 38.6 Å². The van der Waals surface area contributed by atoms with E-state index < -0.39 is 0 Å². The fraction of sp³-hybridized carbons (Fsp3) is 0.583. The zero-order chi connectivity index (χ0) is 10.8. The lowest BCUT2D eigenvalue weighted by molar-refractivity contribution is 0.0889.